The number of rotatable bonds is 4. The van der Waals surface area contributed by atoms with Gasteiger partial charge in [0.1, 0.15) is 0 Å². The molecule has 0 radical (unpaired) electrons. The van der Waals surface area contributed by atoms with Crippen LogP contribution in [0.15, 0.2) is 36.4 Å². The van der Waals surface area contributed by atoms with Crippen molar-refractivity contribution < 1.29 is 0 Å². The third kappa shape index (κ3) is 3.62. The summed E-state index contributed by atoms with van der Waals surface area (Å²) in [5.41, 5.74) is 6.71. The van der Waals surface area contributed by atoms with Crippen molar-refractivity contribution in [1.82, 2.24) is 5.32 Å². The first kappa shape index (κ1) is 15.1. The highest BCUT2D eigenvalue weighted by atomic mass is 35.5. The number of benzene rings is 2. The minimum Gasteiger partial charge on any atom is -0.306 e. The van der Waals surface area contributed by atoms with E-state index in [9.17, 15) is 0 Å². The monoisotopic (exact) mass is 287 g/mol. The first-order chi connectivity index (χ1) is 9.47. The van der Waals surface area contributed by atoms with Gasteiger partial charge in [0, 0.05) is 17.6 Å². The first-order valence-corrected chi connectivity index (χ1v) is 7.40. The molecule has 0 heterocycles. The van der Waals surface area contributed by atoms with Crippen LogP contribution in [0.25, 0.3) is 0 Å². The van der Waals surface area contributed by atoms with E-state index in [2.05, 4.69) is 57.3 Å². The third-order valence-electron chi connectivity index (χ3n) is 3.80. The molecule has 0 aliphatic carbocycles. The second-order valence-corrected chi connectivity index (χ2v) is 5.97. The van der Waals surface area contributed by atoms with Crippen molar-refractivity contribution in [3.8, 4) is 0 Å². The van der Waals surface area contributed by atoms with Crippen LogP contribution in [0.3, 0.4) is 0 Å². The zero-order valence-corrected chi connectivity index (χ0v) is 13.4. The van der Waals surface area contributed by atoms with Crippen molar-refractivity contribution in [3.05, 3.63) is 69.2 Å². The lowest BCUT2D eigenvalue weighted by molar-refractivity contribution is 0.572. The summed E-state index contributed by atoms with van der Waals surface area (Å²) in [6, 6.07) is 12.8. The quantitative estimate of drug-likeness (QED) is 0.823. The van der Waals surface area contributed by atoms with Gasteiger partial charge >= 0.3 is 0 Å². The van der Waals surface area contributed by atoms with E-state index in [1.807, 2.05) is 12.1 Å². The van der Waals surface area contributed by atoms with Gasteiger partial charge in [-0.3, -0.25) is 0 Å². The molecule has 0 amide bonds. The Bertz CT molecular complexity index is 564. The Kier molecular flexibility index (Phi) is 4.85. The molecule has 106 valence electrons. The highest BCUT2D eigenvalue weighted by molar-refractivity contribution is 6.30. The lowest BCUT2D eigenvalue weighted by Gasteiger charge is -2.17. The lowest BCUT2D eigenvalue weighted by atomic mass is 9.99. The van der Waals surface area contributed by atoms with Crippen molar-refractivity contribution in [2.75, 3.05) is 0 Å². The molecule has 0 fully saturated rings. The van der Waals surface area contributed by atoms with E-state index in [1.165, 1.54) is 27.8 Å². The van der Waals surface area contributed by atoms with Crippen LogP contribution in [0, 0.1) is 20.8 Å². The Morgan fingerprint density at radius 3 is 2.10 bits per heavy atom. The van der Waals surface area contributed by atoms with Gasteiger partial charge in [-0.05, 0) is 62.1 Å². The van der Waals surface area contributed by atoms with Crippen LogP contribution >= 0.6 is 11.6 Å². The second-order valence-electron chi connectivity index (χ2n) is 5.53. The Hall–Kier alpha value is -1.31. The molecule has 0 unspecified atom stereocenters. The fourth-order valence-corrected chi connectivity index (χ4v) is 2.74. The maximum atomic E-state index is 5.93. The fraction of sp³-hybridized carbons (Fsp3) is 0.333. The number of halogens is 1. The molecular formula is C18H22ClN. The average Bonchev–Trinajstić information content (AvgIpc) is 2.38. The van der Waals surface area contributed by atoms with Crippen molar-refractivity contribution >= 4 is 11.6 Å². The predicted octanol–water partition coefficient (Wildman–Crippen LogP) is 5.12. The Morgan fingerprint density at radius 1 is 1.00 bits per heavy atom. The van der Waals surface area contributed by atoms with E-state index in [0.717, 1.165) is 11.6 Å². The molecule has 2 rings (SSSR count). The van der Waals surface area contributed by atoms with Crippen LogP contribution in [-0.4, -0.2) is 0 Å². The molecule has 0 bridgehead atoms. The lowest BCUT2D eigenvalue weighted by Crippen LogP contribution is -2.19. The summed E-state index contributed by atoms with van der Waals surface area (Å²) >= 11 is 5.93. The summed E-state index contributed by atoms with van der Waals surface area (Å²) in [6.07, 6.45) is 0. The number of hydrogen-bond donors (Lipinski definition) is 1. The van der Waals surface area contributed by atoms with Crippen LogP contribution in [0.2, 0.25) is 5.02 Å². The van der Waals surface area contributed by atoms with E-state index < -0.39 is 0 Å². The van der Waals surface area contributed by atoms with Crippen LogP contribution in [-0.2, 0) is 6.54 Å². The van der Waals surface area contributed by atoms with Crippen LogP contribution in [0.5, 0.6) is 0 Å². The Morgan fingerprint density at radius 2 is 1.55 bits per heavy atom. The van der Waals surface area contributed by atoms with E-state index in [4.69, 9.17) is 11.6 Å². The first-order valence-electron chi connectivity index (χ1n) is 7.03. The molecule has 1 nitrogen and oxygen atoms in total. The predicted molar refractivity (Wildman–Crippen MR) is 87.4 cm³/mol. The number of aryl methyl sites for hydroxylation is 3. The highest BCUT2D eigenvalue weighted by Gasteiger charge is 2.08. The topological polar surface area (TPSA) is 12.0 Å². The van der Waals surface area contributed by atoms with Gasteiger partial charge in [0.25, 0.3) is 0 Å². The van der Waals surface area contributed by atoms with Crippen molar-refractivity contribution in [2.45, 2.75) is 40.3 Å². The van der Waals surface area contributed by atoms with Gasteiger partial charge < -0.3 is 5.32 Å². The van der Waals surface area contributed by atoms with E-state index in [1.54, 1.807) is 0 Å². The van der Waals surface area contributed by atoms with Gasteiger partial charge in [0.15, 0.2) is 0 Å². The van der Waals surface area contributed by atoms with E-state index >= 15 is 0 Å². The smallest absolute Gasteiger partial charge is 0.0406 e. The normalized spacial score (nSPS) is 12.4. The molecule has 0 aliphatic heterocycles. The zero-order valence-electron chi connectivity index (χ0n) is 12.6. The SMILES string of the molecule is Cc1cc(C)c(CN[C@H](C)c2ccc(Cl)cc2)c(C)c1. The molecule has 20 heavy (non-hydrogen) atoms. The summed E-state index contributed by atoms with van der Waals surface area (Å²) in [4.78, 5) is 0. The van der Waals surface area contributed by atoms with E-state index in [-0.39, 0.29) is 0 Å². The summed E-state index contributed by atoms with van der Waals surface area (Å²) in [6.45, 7) is 9.59. The summed E-state index contributed by atoms with van der Waals surface area (Å²) < 4.78 is 0. The standard InChI is InChI=1S/C18H22ClN/c1-12-9-13(2)18(14(3)10-12)11-20-15(4)16-5-7-17(19)8-6-16/h5-10,15,20H,11H2,1-4H3/t15-/m1/s1. The van der Waals surface area contributed by atoms with Gasteiger partial charge in [-0.15, -0.1) is 0 Å². The maximum absolute atomic E-state index is 5.93. The van der Waals surface area contributed by atoms with Crippen LogP contribution in [0.1, 0.15) is 40.8 Å². The molecule has 2 aromatic rings. The van der Waals surface area contributed by atoms with Gasteiger partial charge in [0.05, 0.1) is 0 Å². The summed E-state index contributed by atoms with van der Waals surface area (Å²) in [5.74, 6) is 0. The molecule has 2 aromatic carbocycles. The van der Waals surface area contributed by atoms with Crippen LogP contribution in [0.4, 0.5) is 0 Å². The highest BCUT2D eigenvalue weighted by Crippen LogP contribution is 2.19. The second kappa shape index (κ2) is 6.43. The summed E-state index contributed by atoms with van der Waals surface area (Å²) in [7, 11) is 0. The van der Waals surface area contributed by atoms with E-state index in [0.29, 0.717) is 6.04 Å². The summed E-state index contributed by atoms with van der Waals surface area (Å²) in [5, 5.41) is 4.38. The average molecular weight is 288 g/mol. The van der Waals surface area contributed by atoms with Crippen molar-refractivity contribution in [1.29, 1.82) is 0 Å². The molecule has 2 heteroatoms. The minimum atomic E-state index is 0.312. The zero-order chi connectivity index (χ0) is 14.7. The fourth-order valence-electron chi connectivity index (χ4n) is 2.61. The van der Waals surface area contributed by atoms with Gasteiger partial charge in [0.2, 0.25) is 0 Å². The maximum Gasteiger partial charge on any atom is 0.0406 e. The number of nitrogens with one attached hydrogen (secondary N) is 1. The molecule has 0 aromatic heterocycles. The van der Waals surface area contributed by atoms with Gasteiger partial charge in [-0.2, -0.15) is 0 Å². The van der Waals surface area contributed by atoms with Crippen LogP contribution < -0.4 is 5.32 Å². The molecule has 0 saturated heterocycles. The minimum absolute atomic E-state index is 0.312. The van der Waals surface area contributed by atoms with Gasteiger partial charge in [-0.1, -0.05) is 41.4 Å². The largest absolute Gasteiger partial charge is 0.306 e. The third-order valence-corrected chi connectivity index (χ3v) is 4.05. The Labute approximate surface area is 127 Å². The molecule has 0 saturated carbocycles. The molecule has 1 atom stereocenters. The van der Waals surface area contributed by atoms with Crippen molar-refractivity contribution in [2.24, 2.45) is 0 Å². The molecule has 0 aliphatic rings. The molecule has 0 spiro atoms. The van der Waals surface area contributed by atoms with Gasteiger partial charge in [-0.25, -0.2) is 0 Å². The molecule has 1 N–H and O–H groups in total. The number of hydrogen-bond acceptors (Lipinski definition) is 1. The van der Waals surface area contributed by atoms with Crippen molar-refractivity contribution in [3.63, 3.8) is 0 Å². The molecular weight excluding hydrogens is 266 g/mol. The Balaban J connectivity index is 2.07.